The normalized spacial score (nSPS) is 18.0. The Morgan fingerprint density at radius 2 is 2.07 bits per heavy atom. The van der Waals surface area contributed by atoms with E-state index in [4.69, 9.17) is 10.5 Å². The van der Waals surface area contributed by atoms with Gasteiger partial charge in [0.25, 0.3) is 0 Å². The van der Waals surface area contributed by atoms with Crippen molar-refractivity contribution in [3.8, 4) is 5.75 Å². The van der Waals surface area contributed by atoms with E-state index in [0.717, 1.165) is 17.7 Å². The van der Waals surface area contributed by atoms with Crippen LogP contribution in [0.2, 0.25) is 0 Å². The number of nitrogens with one attached hydrogen (secondary N) is 2. The van der Waals surface area contributed by atoms with E-state index in [9.17, 15) is 0 Å². The monoisotopic (exact) mass is 207 g/mol. The molecular formula is C11H17N3O. The summed E-state index contributed by atoms with van der Waals surface area (Å²) in [6, 6.07) is 5.85. The molecule has 0 spiro atoms. The molecule has 1 aromatic carbocycles. The Morgan fingerprint density at radius 1 is 1.33 bits per heavy atom. The molecule has 15 heavy (non-hydrogen) atoms. The molecule has 0 atom stereocenters. The molecule has 0 saturated carbocycles. The molecule has 4 heteroatoms. The zero-order chi connectivity index (χ0) is 10.9. The predicted octanol–water partition coefficient (Wildman–Crippen LogP) is 0.643. The summed E-state index contributed by atoms with van der Waals surface area (Å²) >= 11 is 0. The maximum absolute atomic E-state index is 5.89. The third kappa shape index (κ3) is 1.46. The highest BCUT2D eigenvalue weighted by atomic mass is 16.5. The molecule has 0 unspecified atom stereocenters. The van der Waals surface area contributed by atoms with Gasteiger partial charge in [0.15, 0.2) is 0 Å². The molecule has 1 aliphatic rings. The van der Waals surface area contributed by atoms with E-state index in [2.05, 4.69) is 10.6 Å². The average molecular weight is 207 g/mol. The van der Waals surface area contributed by atoms with Gasteiger partial charge in [-0.2, -0.15) is 0 Å². The summed E-state index contributed by atoms with van der Waals surface area (Å²) in [7, 11) is 3.88. The fourth-order valence-corrected chi connectivity index (χ4v) is 2.14. The smallest absolute Gasteiger partial charge is 0.148 e. The summed E-state index contributed by atoms with van der Waals surface area (Å²) in [6.07, 6.45) is 0.885. The van der Waals surface area contributed by atoms with Gasteiger partial charge in [-0.15, -0.1) is 0 Å². The van der Waals surface area contributed by atoms with Gasteiger partial charge in [0.2, 0.25) is 0 Å². The van der Waals surface area contributed by atoms with Gasteiger partial charge in [-0.1, -0.05) is 12.1 Å². The number of hydrogen-bond acceptors (Lipinski definition) is 4. The zero-order valence-corrected chi connectivity index (χ0v) is 9.13. The van der Waals surface area contributed by atoms with E-state index in [1.807, 2.05) is 32.3 Å². The Kier molecular flexibility index (Phi) is 2.54. The average Bonchev–Trinajstić information content (AvgIpc) is 2.29. The van der Waals surface area contributed by atoms with Crippen LogP contribution in [-0.2, 0) is 5.66 Å². The van der Waals surface area contributed by atoms with E-state index in [1.165, 1.54) is 0 Å². The molecule has 0 fully saturated rings. The summed E-state index contributed by atoms with van der Waals surface area (Å²) in [5.74, 6) is 0.799. The van der Waals surface area contributed by atoms with Crippen molar-refractivity contribution in [2.45, 2.75) is 12.1 Å². The molecule has 2 rings (SSSR count). The fourth-order valence-electron chi connectivity index (χ4n) is 2.14. The number of para-hydroxylation sites is 1. The largest absolute Gasteiger partial charge is 0.491 e. The standard InChI is InChI=1S/C11H17N3O/c1-13-11(14-2)6-7-15-10-8(11)4-3-5-9(10)12/h3-5,13-14H,6-7,12H2,1-2H3. The van der Waals surface area contributed by atoms with Gasteiger partial charge < -0.3 is 10.5 Å². The highest BCUT2D eigenvalue weighted by Gasteiger charge is 2.35. The molecule has 0 radical (unpaired) electrons. The van der Waals surface area contributed by atoms with Crippen molar-refractivity contribution in [3.63, 3.8) is 0 Å². The Morgan fingerprint density at radius 3 is 2.73 bits per heavy atom. The first kappa shape index (κ1) is 10.3. The van der Waals surface area contributed by atoms with Crippen LogP contribution in [-0.4, -0.2) is 20.7 Å². The first-order valence-electron chi connectivity index (χ1n) is 5.13. The van der Waals surface area contributed by atoms with E-state index in [-0.39, 0.29) is 5.66 Å². The number of fused-ring (bicyclic) bond motifs is 1. The van der Waals surface area contributed by atoms with Gasteiger partial charge >= 0.3 is 0 Å². The minimum atomic E-state index is -0.219. The van der Waals surface area contributed by atoms with E-state index in [1.54, 1.807) is 0 Å². The number of benzene rings is 1. The third-order valence-corrected chi connectivity index (χ3v) is 3.08. The first-order valence-corrected chi connectivity index (χ1v) is 5.13. The molecule has 0 aliphatic carbocycles. The maximum atomic E-state index is 5.89. The van der Waals surface area contributed by atoms with Crippen molar-refractivity contribution in [1.82, 2.24) is 10.6 Å². The minimum absolute atomic E-state index is 0.219. The lowest BCUT2D eigenvalue weighted by Gasteiger charge is -2.38. The van der Waals surface area contributed by atoms with Crippen molar-refractivity contribution in [2.24, 2.45) is 0 Å². The molecule has 1 aromatic rings. The topological polar surface area (TPSA) is 59.3 Å². The van der Waals surface area contributed by atoms with Crippen LogP contribution >= 0.6 is 0 Å². The number of anilines is 1. The van der Waals surface area contributed by atoms with Gasteiger partial charge in [-0.3, -0.25) is 10.6 Å². The van der Waals surface area contributed by atoms with Crippen molar-refractivity contribution in [2.75, 3.05) is 26.4 Å². The summed E-state index contributed by atoms with van der Waals surface area (Å²) in [4.78, 5) is 0. The molecule has 0 amide bonds. The second-order valence-corrected chi connectivity index (χ2v) is 3.73. The van der Waals surface area contributed by atoms with Gasteiger partial charge in [-0.25, -0.2) is 0 Å². The van der Waals surface area contributed by atoms with Gasteiger partial charge in [-0.05, 0) is 20.2 Å². The van der Waals surface area contributed by atoms with Crippen LogP contribution in [0.25, 0.3) is 0 Å². The van der Waals surface area contributed by atoms with Gasteiger partial charge in [0.05, 0.1) is 12.3 Å². The number of hydrogen-bond donors (Lipinski definition) is 3. The number of nitrogen functional groups attached to an aromatic ring is 1. The molecule has 4 N–H and O–H groups in total. The number of rotatable bonds is 2. The second kappa shape index (κ2) is 3.72. The van der Waals surface area contributed by atoms with Crippen LogP contribution in [0.4, 0.5) is 5.69 Å². The molecule has 4 nitrogen and oxygen atoms in total. The van der Waals surface area contributed by atoms with Crippen LogP contribution in [0.3, 0.4) is 0 Å². The maximum Gasteiger partial charge on any atom is 0.148 e. The quantitative estimate of drug-likeness (QED) is 0.492. The molecule has 82 valence electrons. The van der Waals surface area contributed by atoms with E-state index < -0.39 is 0 Å². The molecule has 0 bridgehead atoms. The lowest BCUT2D eigenvalue weighted by atomic mass is 9.92. The third-order valence-electron chi connectivity index (χ3n) is 3.08. The zero-order valence-electron chi connectivity index (χ0n) is 9.13. The van der Waals surface area contributed by atoms with Crippen LogP contribution < -0.4 is 21.1 Å². The van der Waals surface area contributed by atoms with Crippen LogP contribution in [0.5, 0.6) is 5.75 Å². The van der Waals surface area contributed by atoms with Crippen LogP contribution in [0.15, 0.2) is 18.2 Å². The van der Waals surface area contributed by atoms with Crippen molar-refractivity contribution >= 4 is 5.69 Å². The van der Waals surface area contributed by atoms with Crippen LogP contribution in [0.1, 0.15) is 12.0 Å². The van der Waals surface area contributed by atoms with Crippen molar-refractivity contribution in [3.05, 3.63) is 23.8 Å². The Bertz CT molecular complexity index is 361. The second-order valence-electron chi connectivity index (χ2n) is 3.73. The SMILES string of the molecule is CNC1(NC)CCOc2c(N)cccc21. The van der Waals surface area contributed by atoms with E-state index >= 15 is 0 Å². The summed E-state index contributed by atoms with van der Waals surface area (Å²) in [5, 5.41) is 6.61. The summed E-state index contributed by atoms with van der Waals surface area (Å²) < 4.78 is 5.61. The number of nitrogens with two attached hydrogens (primary N) is 1. The lowest BCUT2D eigenvalue weighted by molar-refractivity contribution is 0.169. The molecule has 1 heterocycles. The fraction of sp³-hybridized carbons (Fsp3) is 0.455. The van der Waals surface area contributed by atoms with Gasteiger partial charge in [0, 0.05) is 12.0 Å². The van der Waals surface area contributed by atoms with Gasteiger partial charge in [0.1, 0.15) is 11.4 Å². The minimum Gasteiger partial charge on any atom is -0.491 e. The van der Waals surface area contributed by atoms with E-state index in [0.29, 0.717) is 12.3 Å². The summed E-state index contributed by atoms with van der Waals surface area (Å²) in [5.41, 5.74) is 7.45. The van der Waals surface area contributed by atoms with Crippen molar-refractivity contribution in [1.29, 1.82) is 0 Å². The lowest BCUT2D eigenvalue weighted by Crippen LogP contribution is -2.53. The molecule has 0 aromatic heterocycles. The van der Waals surface area contributed by atoms with Crippen LogP contribution in [0, 0.1) is 0 Å². The predicted molar refractivity (Wildman–Crippen MR) is 60.8 cm³/mol. The molecular weight excluding hydrogens is 190 g/mol. The molecule has 1 aliphatic heterocycles. The highest BCUT2D eigenvalue weighted by Crippen LogP contribution is 2.38. The van der Waals surface area contributed by atoms with Crippen molar-refractivity contribution < 1.29 is 4.74 Å². The highest BCUT2D eigenvalue weighted by molar-refractivity contribution is 5.59. The Balaban J connectivity index is 2.55. The summed E-state index contributed by atoms with van der Waals surface area (Å²) in [6.45, 7) is 0.670. The first-order chi connectivity index (χ1) is 7.23. The Labute approximate surface area is 89.8 Å². The number of ether oxygens (including phenoxy) is 1. The molecule has 0 saturated heterocycles. The Hall–Kier alpha value is -1.26.